The smallest absolute Gasteiger partial charge is 0.163 e. The number of ether oxygens (including phenoxy) is 1. The Morgan fingerprint density at radius 2 is 1.78 bits per heavy atom. The minimum atomic E-state index is -0.0503. The van der Waals surface area contributed by atoms with Crippen molar-refractivity contribution in [2.24, 2.45) is 0 Å². The molecule has 0 aliphatic carbocycles. The van der Waals surface area contributed by atoms with E-state index in [4.69, 9.17) is 27.9 Å². The van der Waals surface area contributed by atoms with Gasteiger partial charge in [0, 0.05) is 6.07 Å². The van der Waals surface area contributed by atoms with E-state index in [1.165, 1.54) is 6.92 Å². The quantitative estimate of drug-likeness (QED) is 0.741. The van der Waals surface area contributed by atoms with E-state index in [9.17, 15) is 4.79 Å². The van der Waals surface area contributed by atoms with Crippen molar-refractivity contribution >= 4 is 29.0 Å². The molecule has 0 N–H and O–H groups in total. The lowest BCUT2D eigenvalue weighted by molar-refractivity contribution is 0.101. The summed E-state index contributed by atoms with van der Waals surface area (Å²) >= 11 is 11.7. The van der Waals surface area contributed by atoms with Crippen LogP contribution in [0.1, 0.15) is 17.3 Å². The molecule has 0 aromatic heterocycles. The molecular weight excluding hydrogens is 271 g/mol. The second-order valence-electron chi connectivity index (χ2n) is 3.73. The highest BCUT2D eigenvalue weighted by atomic mass is 35.5. The van der Waals surface area contributed by atoms with E-state index in [2.05, 4.69) is 0 Å². The number of hydrogen-bond acceptors (Lipinski definition) is 2. The van der Waals surface area contributed by atoms with Crippen molar-refractivity contribution in [1.29, 1.82) is 0 Å². The van der Waals surface area contributed by atoms with Crippen LogP contribution in [-0.4, -0.2) is 5.78 Å². The van der Waals surface area contributed by atoms with Gasteiger partial charge in [-0.05, 0) is 31.2 Å². The third kappa shape index (κ3) is 2.84. The van der Waals surface area contributed by atoms with Crippen molar-refractivity contribution in [3.8, 4) is 11.5 Å². The van der Waals surface area contributed by atoms with Crippen LogP contribution in [0, 0.1) is 0 Å². The summed E-state index contributed by atoms with van der Waals surface area (Å²) in [5, 5.41) is 0.873. The van der Waals surface area contributed by atoms with Crippen LogP contribution in [0.25, 0.3) is 0 Å². The first-order chi connectivity index (χ1) is 8.58. The monoisotopic (exact) mass is 280 g/mol. The Kier molecular flexibility index (Phi) is 3.90. The van der Waals surface area contributed by atoms with Crippen molar-refractivity contribution in [2.75, 3.05) is 0 Å². The van der Waals surface area contributed by atoms with Crippen LogP contribution in [0.3, 0.4) is 0 Å². The fourth-order valence-electron chi connectivity index (χ4n) is 1.51. The van der Waals surface area contributed by atoms with Gasteiger partial charge in [0.15, 0.2) is 5.78 Å². The molecule has 0 atom stereocenters. The number of ketones is 1. The second kappa shape index (κ2) is 5.42. The molecule has 0 unspecified atom stereocenters. The number of rotatable bonds is 3. The Balaban J connectivity index is 2.34. The third-order valence-corrected chi connectivity index (χ3v) is 3.12. The summed E-state index contributed by atoms with van der Waals surface area (Å²) in [6.45, 7) is 1.50. The number of carbonyl (C=O) groups is 1. The topological polar surface area (TPSA) is 26.3 Å². The van der Waals surface area contributed by atoms with Crippen molar-refractivity contribution in [3.63, 3.8) is 0 Å². The van der Waals surface area contributed by atoms with Crippen LogP contribution in [0.15, 0.2) is 42.5 Å². The molecule has 2 aromatic rings. The van der Waals surface area contributed by atoms with E-state index in [0.717, 1.165) is 0 Å². The largest absolute Gasteiger partial charge is 0.457 e. The number of para-hydroxylation sites is 1. The zero-order chi connectivity index (χ0) is 13.1. The van der Waals surface area contributed by atoms with E-state index in [1.54, 1.807) is 42.5 Å². The van der Waals surface area contributed by atoms with Gasteiger partial charge in [0.25, 0.3) is 0 Å². The van der Waals surface area contributed by atoms with Gasteiger partial charge in [-0.3, -0.25) is 4.79 Å². The lowest BCUT2D eigenvalue weighted by Crippen LogP contribution is -1.96. The molecule has 0 amide bonds. The molecule has 18 heavy (non-hydrogen) atoms. The van der Waals surface area contributed by atoms with Crippen LogP contribution in [0.5, 0.6) is 11.5 Å². The summed E-state index contributed by atoms with van der Waals surface area (Å²) in [5.41, 5.74) is 0.531. The number of carbonyl (C=O) groups excluding carboxylic acids is 1. The van der Waals surface area contributed by atoms with Crippen molar-refractivity contribution in [2.45, 2.75) is 6.92 Å². The SMILES string of the molecule is CC(=O)c1ccccc1Oc1ccc(Cl)c(Cl)c1. The highest BCUT2D eigenvalue weighted by Crippen LogP contribution is 2.30. The van der Waals surface area contributed by atoms with Gasteiger partial charge >= 0.3 is 0 Å². The van der Waals surface area contributed by atoms with Crippen LogP contribution >= 0.6 is 23.2 Å². The van der Waals surface area contributed by atoms with Gasteiger partial charge in [-0.1, -0.05) is 35.3 Å². The molecule has 2 nitrogen and oxygen atoms in total. The van der Waals surface area contributed by atoms with Gasteiger partial charge in [0.2, 0.25) is 0 Å². The Bertz CT molecular complexity index is 594. The summed E-state index contributed by atoms with van der Waals surface area (Å²) in [4.78, 5) is 11.5. The predicted octanol–water partition coefficient (Wildman–Crippen LogP) is 4.99. The van der Waals surface area contributed by atoms with E-state index < -0.39 is 0 Å². The highest BCUT2D eigenvalue weighted by Gasteiger charge is 2.09. The van der Waals surface area contributed by atoms with Gasteiger partial charge in [-0.2, -0.15) is 0 Å². The summed E-state index contributed by atoms with van der Waals surface area (Å²) in [5.74, 6) is 0.993. The molecule has 0 heterocycles. The molecule has 0 spiro atoms. The number of Topliss-reactive ketones (excluding diaryl/α,β-unsaturated/α-hetero) is 1. The van der Waals surface area contributed by atoms with Gasteiger partial charge in [0.1, 0.15) is 11.5 Å². The van der Waals surface area contributed by atoms with E-state index in [1.807, 2.05) is 0 Å². The fourth-order valence-corrected chi connectivity index (χ4v) is 1.80. The van der Waals surface area contributed by atoms with Gasteiger partial charge in [-0.15, -0.1) is 0 Å². The Morgan fingerprint density at radius 3 is 2.44 bits per heavy atom. The number of benzene rings is 2. The Hall–Kier alpha value is -1.51. The second-order valence-corrected chi connectivity index (χ2v) is 4.54. The van der Waals surface area contributed by atoms with E-state index >= 15 is 0 Å². The summed E-state index contributed by atoms with van der Waals surface area (Å²) < 4.78 is 5.64. The molecule has 92 valence electrons. The number of hydrogen-bond donors (Lipinski definition) is 0. The normalized spacial score (nSPS) is 10.2. The average molecular weight is 281 g/mol. The van der Waals surface area contributed by atoms with Crippen LogP contribution in [0.4, 0.5) is 0 Å². The lowest BCUT2D eigenvalue weighted by atomic mass is 10.1. The van der Waals surface area contributed by atoms with Crippen LogP contribution in [0.2, 0.25) is 10.0 Å². The molecule has 2 rings (SSSR count). The third-order valence-electron chi connectivity index (χ3n) is 2.39. The molecule has 0 bridgehead atoms. The molecule has 0 aliphatic rings. The lowest BCUT2D eigenvalue weighted by Gasteiger charge is -2.09. The average Bonchev–Trinajstić information content (AvgIpc) is 2.34. The molecule has 0 fully saturated rings. The molecule has 0 aliphatic heterocycles. The van der Waals surface area contributed by atoms with Gasteiger partial charge < -0.3 is 4.74 Å². The van der Waals surface area contributed by atoms with Crippen LogP contribution < -0.4 is 4.74 Å². The fraction of sp³-hybridized carbons (Fsp3) is 0.0714. The highest BCUT2D eigenvalue weighted by molar-refractivity contribution is 6.42. The maximum atomic E-state index is 11.5. The van der Waals surface area contributed by atoms with Crippen molar-refractivity contribution in [1.82, 2.24) is 0 Å². The molecule has 4 heteroatoms. The first-order valence-corrected chi connectivity index (χ1v) is 6.06. The van der Waals surface area contributed by atoms with E-state index in [-0.39, 0.29) is 5.78 Å². The number of halogens is 2. The van der Waals surface area contributed by atoms with Crippen LogP contribution in [-0.2, 0) is 0 Å². The van der Waals surface area contributed by atoms with Crippen molar-refractivity contribution < 1.29 is 9.53 Å². The van der Waals surface area contributed by atoms with Gasteiger partial charge in [0.05, 0.1) is 15.6 Å². The van der Waals surface area contributed by atoms with Gasteiger partial charge in [-0.25, -0.2) is 0 Å². The maximum absolute atomic E-state index is 11.5. The van der Waals surface area contributed by atoms with Crippen molar-refractivity contribution in [3.05, 3.63) is 58.1 Å². The first-order valence-electron chi connectivity index (χ1n) is 5.31. The molecule has 0 saturated heterocycles. The molecule has 0 saturated carbocycles. The maximum Gasteiger partial charge on any atom is 0.163 e. The molecular formula is C14H10Cl2O2. The Morgan fingerprint density at radius 1 is 1.06 bits per heavy atom. The zero-order valence-electron chi connectivity index (χ0n) is 9.61. The summed E-state index contributed by atoms with van der Waals surface area (Å²) in [7, 11) is 0. The Labute approximate surface area is 115 Å². The molecule has 0 radical (unpaired) electrons. The minimum Gasteiger partial charge on any atom is -0.457 e. The summed E-state index contributed by atoms with van der Waals surface area (Å²) in [6, 6.07) is 12.0. The summed E-state index contributed by atoms with van der Waals surface area (Å²) in [6.07, 6.45) is 0. The first kappa shape index (κ1) is 12.9. The predicted molar refractivity (Wildman–Crippen MR) is 73.0 cm³/mol. The van der Waals surface area contributed by atoms with E-state index in [0.29, 0.717) is 27.1 Å². The molecule has 2 aromatic carbocycles. The standard InChI is InChI=1S/C14H10Cl2O2/c1-9(17)11-4-2-3-5-14(11)18-10-6-7-12(15)13(16)8-10/h2-8H,1H3. The minimum absolute atomic E-state index is 0.0503. The zero-order valence-corrected chi connectivity index (χ0v) is 11.1.